The molecule has 3 aromatic rings. The maximum Gasteiger partial charge on any atom is 0.279 e. The number of hydrogen-bond acceptors (Lipinski definition) is 3. The van der Waals surface area contributed by atoms with Gasteiger partial charge in [0.2, 0.25) is 0 Å². The van der Waals surface area contributed by atoms with Crippen molar-refractivity contribution in [2.24, 2.45) is 12.0 Å². The third kappa shape index (κ3) is 3.20. The maximum atomic E-state index is 12.4. The summed E-state index contributed by atoms with van der Waals surface area (Å²) in [6.07, 6.45) is 0. The van der Waals surface area contributed by atoms with Crippen molar-refractivity contribution in [3.63, 3.8) is 0 Å². The largest absolute Gasteiger partial charge is 0.378 e. The minimum atomic E-state index is -0.287. The topological polar surface area (TPSA) is 37.6 Å². The molecule has 0 unspecified atom stereocenters. The number of carbonyl (C=O) groups is 1. The molecular formula is C17H15Cl2N3OS. The second-order valence-corrected chi connectivity index (χ2v) is 7.39. The van der Waals surface area contributed by atoms with Crippen LogP contribution in [0.25, 0.3) is 10.2 Å². The van der Waals surface area contributed by atoms with Crippen LogP contribution in [0, 0.1) is 0 Å². The average Bonchev–Trinajstić information content (AvgIpc) is 2.83. The Kier molecular flexibility index (Phi) is 4.67. The predicted molar refractivity (Wildman–Crippen MR) is 101 cm³/mol. The van der Waals surface area contributed by atoms with Crippen LogP contribution in [0.2, 0.25) is 10.0 Å². The summed E-state index contributed by atoms with van der Waals surface area (Å²) in [7, 11) is 5.74. The van der Waals surface area contributed by atoms with E-state index in [4.69, 9.17) is 23.2 Å². The number of benzene rings is 2. The highest BCUT2D eigenvalue weighted by molar-refractivity contribution is 7.16. The number of hydrogen-bond donors (Lipinski definition) is 0. The highest BCUT2D eigenvalue weighted by Gasteiger charge is 2.11. The molecule has 0 saturated heterocycles. The van der Waals surface area contributed by atoms with E-state index in [0.29, 0.717) is 20.4 Å². The van der Waals surface area contributed by atoms with Crippen LogP contribution in [0.5, 0.6) is 0 Å². The Bertz CT molecular complexity index is 987. The number of aromatic nitrogens is 1. The van der Waals surface area contributed by atoms with Gasteiger partial charge in [-0.2, -0.15) is 4.99 Å². The zero-order chi connectivity index (χ0) is 17.4. The number of rotatable bonds is 2. The fourth-order valence-corrected chi connectivity index (χ4v) is 4.18. The van der Waals surface area contributed by atoms with E-state index < -0.39 is 0 Å². The molecule has 0 aliphatic carbocycles. The first-order valence-corrected chi connectivity index (χ1v) is 8.75. The number of carbonyl (C=O) groups excluding carboxylic acids is 1. The van der Waals surface area contributed by atoms with Gasteiger partial charge in [-0.1, -0.05) is 34.5 Å². The van der Waals surface area contributed by atoms with Gasteiger partial charge in [0, 0.05) is 37.4 Å². The quantitative estimate of drug-likeness (QED) is 0.663. The van der Waals surface area contributed by atoms with Gasteiger partial charge in [-0.25, -0.2) is 0 Å². The number of nitrogens with zero attached hydrogens (tertiary/aromatic N) is 3. The lowest BCUT2D eigenvalue weighted by molar-refractivity contribution is 0.0998. The zero-order valence-electron chi connectivity index (χ0n) is 13.4. The second-order valence-electron chi connectivity index (χ2n) is 5.54. The molecule has 0 radical (unpaired) electrons. The summed E-state index contributed by atoms with van der Waals surface area (Å²) in [6, 6.07) is 10.8. The standard InChI is InChI=1S/C17H15Cl2N3OS/c1-21(2)12-6-4-10(5-7-12)16(23)20-17-22(3)15-13(19)8-11(18)9-14(15)24-17/h4-9H,1-3H3. The van der Waals surface area contributed by atoms with Crippen molar-refractivity contribution in [2.45, 2.75) is 0 Å². The van der Waals surface area contributed by atoms with Crippen LogP contribution in [0.15, 0.2) is 41.4 Å². The van der Waals surface area contributed by atoms with Crippen molar-refractivity contribution in [1.82, 2.24) is 4.57 Å². The molecule has 0 spiro atoms. The first kappa shape index (κ1) is 17.0. The number of fused-ring (bicyclic) bond motifs is 1. The van der Waals surface area contributed by atoms with E-state index in [1.807, 2.05) is 48.8 Å². The molecule has 0 aliphatic rings. The van der Waals surface area contributed by atoms with Crippen LogP contribution in [-0.4, -0.2) is 24.6 Å². The zero-order valence-corrected chi connectivity index (χ0v) is 15.7. The molecule has 124 valence electrons. The minimum Gasteiger partial charge on any atom is -0.378 e. The molecule has 0 saturated carbocycles. The lowest BCUT2D eigenvalue weighted by Gasteiger charge is -2.11. The van der Waals surface area contributed by atoms with Crippen molar-refractivity contribution in [1.29, 1.82) is 0 Å². The van der Waals surface area contributed by atoms with E-state index in [-0.39, 0.29) is 5.91 Å². The van der Waals surface area contributed by atoms with Crippen molar-refractivity contribution >= 4 is 56.3 Å². The number of amides is 1. The molecule has 0 fully saturated rings. The summed E-state index contributed by atoms with van der Waals surface area (Å²) in [6.45, 7) is 0. The average molecular weight is 380 g/mol. The van der Waals surface area contributed by atoms with Gasteiger partial charge in [0.1, 0.15) is 0 Å². The van der Waals surface area contributed by atoms with Gasteiger partial charge in [0.25, 0.3) is 5.91 Å². The van der Waals surface area contributed by atoms with Crippen LogP contribution in [0.1, 0.15) is 10.4 Å². The Hall–Kier alpha value is -1.82. The van der Waals surface area contributed by atoms with Gasteiger partial charge < -0.3 is 9.47 Å². The molecule has 0 aliphatic heterocycles. The summed E-state index contributed by atoms with van der Waals surface area (Å²) >= 11 is 13.7. The number of halogens is 2. The van der Waals surface area contributed by atoms with Gasteiger partial charge in [-0.15, -0.1) is 0 Å². The smallest absolute Gasteiger partial charge is 0.279 e. The lowest BCUT2D eigenvalue weighted by atomic mass is 10.2. The Labute approximate surface area is 153 Å². The summed E-state index contributed by atoms with van der Waals surface area (Å²) in [5, 5.41) is 1.10. The lowest BCUT2D eigenvalue weighted by Crippen LogP contribution is -2.13. The van der Waals surface area contributed by atoms with Crippen molar-refractivity contribution in [2.75, 3.05) is 19.0 Å². The monoisotopic (exact) mass is 379 g/mol. The van der Waals surface area contributed by atoms with Crippen molar-refractivity contribution in [3.8, 4) is 0 Å². The molecule has 0 atom stereocenters. The van der Waals surface area contributed by atoms with Crippen LogP contribution < -0.4 is 9.70 Å². The Morgan fingerprint density at radius 1 is 1.17 bits per heavy atom. The van der Waals surface area contributed by atoms with Gasteiger partial charge in [-0.05, 0) is 36.4 Å². The maximum absolute atomic E-state index is 12.4. The van der Waals surface area contributed by atoms with E-state index in [0.717, 1.165) is 15.9 Å². The molecular weight excluding hydrogens is 365 g/mol. The molecule has 1 amide bonds. The first-order chi connectivity index (χ1) is 11.4. The van der Waals surface area contributed by atoms with Crippen LogP contribution >= 0.6 is 34.5 Å². The Morgan fingerprint density at radius 2 is 1.83 bits per heavy atom. The summed E-state index contributed by atoms with van der Waals surface area (Å²) < 4.78 is 2.70. The van der Waals surface area contributed by atoms with E-state index in [1.54, 1.807) is 18.2 Å². The second kappa shape index (κ2) is 6.59. The number of aryl methyl sites for hydroxylation is 1. The SMILES string of the molecule is CN(C)c1ccc(C(=O)N=c2sc3cc(Cl)cc(Cl)c3n2C)cc1. The molecule has 1 heterocycles. The summed E-state index contributed by atoms with van der Waals surface area (Å²) in [5.41, 5.74) is 2.39. The summed E-state index contributed by atoms with van der Waals surface area (Å²) in [5.74, 6) is -0.287. The highest BCUT2D eigenvalue weighted by Crippen LogP contribution is 2.29. The molecule has 0 N–H and O–H groups in total. The van der Waals surface area contributed by atoms with E-state index in [1.165, 1.54) is 11.3 Å². The van der Waals surface area contributed by atoms with E-state index in [2.05, 4.69) is 4.99 Å². The molecule has 7 heteroatoms. The van der Waals surface area contributed by atoms with Gasteiger partial charge in [-0.3, -0.25) is 4.79 Å². The fourth-order valence-electron chi connectivity index (χ4n) is 2.36. The molecule has 0 bridgehead atoms. The van der Waals surface area contributed by atoms with Crippen molar-refractivity contribution < 1.29 is 4.79 Å². The molecule has 24 heavy (non-hydrogen) atoms. The third-order valence-corrected chi connectivity index (χ3v) is 5.23. The van der Waals surface area contributed by atoms with Crippen LogP contribution in [0.3, 0.4) is 0 Å². The summed E-state index contributed by atoms with van der Waals surface area (Å²) in [4.78, 5) is 19.2. The first-order valence-electron chi connectivity index (χ1n) is 7.18. The van der Waals surface area contributed by atoms with Gasteiger partial charge in [0.15, 0.2) is 4.80 Å². The fraction of sp³-hybridized carbons (Fsp3) is 0.176. The van der Waals surface area contributed by atoms with Gasteiger partial charge in [0.05, 0.1) is 15.2 Å². The van der Waals surface area contributed by atoms with Crippen LogP contribution in [-0.2, 0) is 7.05 Å². The van der Waals surface area contributed by atoms with E-state index >= 15 is 0 Å². The minimum absolute atomic E-state index is 0.287. The molecule has 2 aromatic carbocycles. The van der Waals surface area contributed by atoms with Crippen molar-refractivity contribution in [3.05, 3.63) is 56.8 Å². The Morgan fingerprint density at radius 3 is 2.46 bits per heavy atom. The highest BCUT2D eigenvalue weighted by atomic mass is 35.5. The predicted octanol–water partition coefficient (Wildman–Crippen LogP) is 4.35. The molecule has 1 aromatic heterocycles. The number of anilines is 1. The normalized spacial score (nSPS) is 12.0. The molecule has 4 nitrogen and oxygen atoms in total. The molecule has 3 rings (SSSR count). The Balaban J connectivity index is 2.04. The third-order valence-electron chi connectivity index (χ3n) is 3.64. The van der Waals surface area contributed by atoms with Crippen LogP contribution in [0.4, 0.5) is 5.69 Å². The van der Waals surface area contributed by atoms with Gasteiger partial charge >= 0.3 is 0 Å². The number of thiazole rings is 1. The van der Waals surface area contributed by atoms with E-state index in [9.17, 15) is 4.79 Å².